The minimum Gasteiger partial charge on any atom is -0.202 e. The lowest BCUT2D eigenvalue weighted by molar-refractivity contribution is 0.643. The van der Waals surface area contributed by atoms with E-state index in [9.17, 15) is 8.78 Å². The molecule has 0 aliphatic carbocycles. The van der Waals surface area contributed by atoms with Gasteiger partial charge >= 0.3 is 0 Å². The summed E-state index contributed by atoms with van der Waals surface area (Å²) in [4.78, 5) is 0. The molecule has 0 spiro atoms. The number of rotatable bonds is 0. The molecule has 0 aromatic heterocycles. The fourth-order valence-electron chi connectivity index (χ4n) is 0.348. The average molecular weight is 147 g/mol. The van der Waals surface area contributed by atoms with Gasteiger partial charge in [0.2, 0.25) is 0 Å². The molecule has 0 saturated heterocycles. The van der Waals surface area contributed by atoms with E-state index < -0.39 is 11.8 Å². The predicted octanol–water partition coefficient (Wildman–Crippen LogP) is 2.38. The van der Waals surface area contributed by atoms with Gasteiger partial charge in [-0.3, -0.25) is 0 Å². The fraction of sp³-hybridized carbons (Fsp3) is 0. The highest BCUT2D eigenvalue weighted by Gasteiger charge is 2.04. The summed E-state index contributed by atoms with van der Waals surface area (Å²) < 4.78 is 27.4. The van der Waals surface area contributed by atoms with E-state index in [4.69, 9.17) is 0 Å². The van der Waals surface area contributed by atoms with Crippen molar-refractivity contribution in [2.45, 2.75) is 0 Å². The molecule has 0 unspecified atom stereocenters. The van der Waals surface area contributed by atoms with Gasteiger partial charge < -0.3 is 0 Å². The standard InChI is InChI=1S/C5H3F2NS/c6-4-2-1-3-9-8-5(4)7/h1-3H. The van der Waals surface area contributed by atoms with Crippen molar-refractivity contribution in [3.63, 3.8) is 0 Å². The summed E-state index contributed by atoms with van der Waals surface area (Å²) in [5.41, 5.74) is 0. The molecule has 48 valence electrons. The zero-order valence-corrected chi connectivity index (χ0v) is 5.16. The van der Waals surface area contributed by atoms with Gasteiger partial charge in [0.15, 0.2) is 5.83 Å². The molecule has 0 N–H and O–H groups in total. The van der Waals surface area contributed by atoms with Gasteiger partial charge in [-0.25, -0.2) is 4.39 Å². The zero-order valence-electron chi connectivity index (χ0n) is 4.34. The van der Waals surface area contributed by atoms with E-state index in [1.165, 1.54) is 11.5 Å². The van der Waals surface area contributed by atoms with Gasteiger partial charge in [0, 0.05) is 11.9 Å². The first-order chi connectivity index (χ1) is 4.30. The Hall–Kier alpha value is -0.640. The molecule has 0 aromatic carbocycles. The van der Waals surface area contributed by atoms with Crippen LogP contribution < -0.4 is 0 Å². The third-order valence-electron chi connectivity index (χ3n) is 0.712. The van der Waals surface area contributed by atoms with Crippen molar-refractivity contribution in [2.24, 2.45) is 4.40 Å². The molecule has 1 aliphatic rings. The first-order valence-electron chi connectivity index (χ1n) is 2.23. The number of hydrogen-bond acceptors (Lipinski definition) is 2. The maximum atomic E-state index is 12.1. The summed E-state index contributed by atoms with van der Waals surface area (Å²) in [6.07, 6.45) is 2.43. The summed E-state index contributed by atoms with van der Waals surface area (Å²) in [7, 11) is 0. The molecule has 0 fully saturated rings. The largest absolute Gasteiger partial charge is 0.255 e. The van der Waals surface area contributed by atoms with Gasteiger partial charge in [0.05, 0.1) is 0 Å². The Morgan fingerprint density at radius 2 is 2.22 bits per heavy atom. The van der Waals surface area contributed by atoms with Crippen LogP contribution in [0.4, 0.5) is 8.78 Å². The topological polar surface area (TPSA) is 12.4 Å². The van der Waals surface area contributed by atoms with Crippen LogP contribution in [0.1, 0.15) is 0 Å². The quantitative estimate of drug-likeness (QED) is 0.479. The highest BCUT2D eigenvalue weighted by Crippen LogP contribution is 2.14. The Morgan fingerprint density at radius 3 is 3.00 bits per heavy atom. The van der Waals surface area contributed by atoms with Crippen LogP contribution >= 0.6 is 11.9 Å². The Labute approximate surface area is 55.3 Å². The van der Waals surface area contributed by atoms with Crippen LogP contribution in [-0.2, 0) is 0 Å². The molecule has 1 rings (SSSR count). The van der Waals surface area contributed by atoms with Crippen molar-refractivity contribution in [2.75, 3.05) is 0 Å². The first kappa shape index (κ1) is 6.48. The number of hydrogen-bond donors (Lipinski definition) is 0. The van der Waals surface area contributed by atoms with Crippen LogP contribution in [0.5, 0.6) is 0 Å². The molecule has 1 nitrogen and oxygen atoms in total. The van der Waals surface area contributed by atoms with E-state index >= 15 is 0 Å². The highest BCUT2D eigenvalue weighted by molar-refractivity contribution is 8.01. The van der Waals surface area contributed by atoms with Crippen LogP contribution in [0.25, 0.3) is 0 Å². The fourth-order valence-corrected chi connectivity index (χ4v) is 0.737. The van der Waals surface area contributed by atoms with E-state index in [1.807, 2.05) is 0 Å². The second-order valence-corrected chi connectivity index (χ2v) is 2.00. The Kier molecular flexibility index (Phi) is 2.00. The molecule has 0 saturated carbocycles. The minimum atomic E-state index is -1.05. The third kappa shape index (κ3) is 1.64. The first-order valence-corrected chi connectivity index (χ1v) is 3.06. The maximum Gasteiger partial charge on any atom is 0.255 e. The zero-order chi connectivity index (χ0) is 6.69. The number of nitrogens with zero attached hydrogens (tertiary/aromatic N) is 1. The second-order valence-electron chi connectivity index (χ2n) is 1.33. The predicted molar refractivity (Wildman–Crippen MR) is 34.5 cm³/mol. The van der Waals surface area contributed by atoms with E-state index in [2.05, 4.69) is 4.40 Å². The van der Waals surface area contributed by atoms with Gasteiger partial charge in [-0.15, -0.1) is 0 Å². The Morgan fingerprint density at radius 1 is 1.44 bits per heavy atom. The van der Waals surface area contributed by atoms with Crippen LogP contribution in [-0.4, -0.2) is 5.97 Å². The van der Waals surface area contributed by atoms with Crippen LogP contribution in [0, 0.1) is 0 Å². The molecule has 1 aliphatic heterocycles. The summed E-state index contributed by atoms with van der Waals surface area (Å²) in [6, 6.07) is 0. The minimum absolute atomic E-state index is 0.868. The average Bonchev–Trinajstić information content (AvgIpc) is 1.99. The maximum absolute atomic E-state index is 12.1. The van der Waals surface area contributed by atoms with Gasteiger partial charge in [-0.2, -0.15) is 8.79 Å². The molecule has 0 aromatic rings. The van der Waals surface area contributed by atoms with E-state index in [-0.39, 0.29) is 0 Å². The molecule has 1 heterocycles. The lowest BCUT2D eigenvalue weighted by Crippen LogP contribution is -1.84. The van der Waals surface area contributed by atoms with Crippen LogP contribution in [0.15, 0.2) is 27.8 Å². The van der Waals surface area contributed by atoms with E-state index in [0.717, 1.165) is 18.0 Å². The molecular weight excluding hydrogens is 144 g/mol. The molecule has 0 atom stereocenters. The third-order valence-corrected chi connectivity index (χ3v) is 1.26. The molecule has 4 heteroatoms. The smallest absolute Gasteiger partial charge is 0.202 e. The lowest BCUT2D eigenvalue weighted by Gasteiger charge is -1.83. The van der Waals surface area contributed by atoms with Crippen molar-refractivity contribution in [1.29, 1.82) is 0 Å². The number of allylic oxidation sites excluding steroid dienone is 3. The monoisotopic (exact) mass is 147 g/mol. The van der Waals surface area contributed by atoms with E-state index in [0.29, 0.717) is 0 Å². The SMILES string of the molecule is FC1=CC=CSN=C1F. The molecule has 0 radical (unpaired) electrons. The van der Waals surface area contributed by atoms with Crippen LogP contribution in [0.2, 0.25) is 0 Å². The van der Waals surface area contributed by atoms with Crippen LogP contribution in [0.3, 0.4) is 0 Å². The normalized spacial score (nSPS) is 18.4. The van der Waals surface area contributed by atoms with Crippen molar-refractivity contribution in [3.05, 3.63) is 23.4 Å². The van der Waals surface area contributed by atoms with Gasteiger partial charge in [-0.1, -0.05) is 6.08 Å². The molecular formula is C5H3F2NS. The summed E-state index contributed by atoms with van der Waals surface area (Å²) in [5.74, 6) is -1.97. The van der Waals surface area contributed by atoms with E-state index in [1.54, 1.807) is 0 Å². The Balaban J connectivity index is 2.85. The van der Waals surface area contributed by atoms with Crippen molar-refractivity contribution >= 4 is 17.9 Å². The van der Waals surface area contributed by atoms with Crippen molar-refractivity contribution < 1.29 is 8.78 Å². The lowest BCUT2D eigenvalue weighted by atomic mass is 10.5. The molecule has 9 heavy (non-hydrogen) atoms. The molecule has 0 amide bonds. The summed E-state index contributed by atoms with van der Waals surface area (Å²) in [5, 5.41) is 1.49. The van der Waals surface area contributed by atoms with Gasteiger partial charge in [0.1, 0.15) is 0 Å². The molecule has 0 bridgehead atoms. The van der Waals surface area contributed by atoms with Crippen molar-refractivity contribution in [3.8, 4) is 0 Å². The second kappa shape index (κ2) is 2.77. The van der Waals surface area contributed by atoms with Crippen molar-refractivity contribution in [1.82, 2.24) is 0 Å². The Bertz CT molecular complexity index is 195. The summed E-state index contributed by atoms with van der Waals surface area (Å²) >= 11 is 0.868. The number of halogens is 2. The van der Waals surface area contributed by atoms with Gasteiger partial charge in [0.25, 0.3) is 5.97 Å². The summed E-state index contributed by atoms with van der Waals surface area (Å²) in [6.45, 7) is 0. The highest BCUT2D eigenvalue weighted by atomic mass is 32.2. The van der Waals surface area contributed by atoms with Gasteiger partial charge in [-0.05, 0) is 11.5 Å².